The van der Waals surface area contributed by atoms with Crippen LogP contribution in [0.25, 0.3) is 0 Å². The highest BCUT2D eigenvalue weighted by molar-refractivity contribution is 5.76. The van der Waals surface area contributed by atoms with Gasteiger partial charge in [-0.3, -0.25) is 9.59 Å². The zero-order chi connectivity index (χ0) is 55.7. The Morgan fingerprint density at radius 2 is 0.597 bits per heavy atom. The number of esters is 1. The molecular weight excluding hydrogens is 947 g/mol. The lowest BCUT2D eigenvalue weighted by molar-refractivity contribution is -0.143. The van der Waals surface area contributed by atoms with E-state index >= 15 is 0 Å². The van der Waals surface area contributed by atoms with Crippen molar-refractivity contribution in [1.29, 1.82) is 0 Å². The van der Waals surface area contributed by atoms with Gasteiger partial charge in [0.2, 0.25) is 5.91 Å². The fraction of sp³-hybridized carbons (Fsp3) is 0.944. The number of aliphatic hydroxyl groups excluding tert-OH is 2. The lowest BCUT2D eigenvalue weighted by atomic mass is 10.0. The minimum Gasteiger partial charge on any atom is -0.466 e. The quantitative estimate of drug-likeness (QED) is 0.0320. The van der Waals surface area contributed by atoms with Gasteiger partial charge in [0, 0.05) is 12.8 Å². The summed E-state index contributed by atoms with van der Waals surface area (Å²) in [5.74, 6) is -0.0369. The van der Waals surface area contributed by atoms with Crippen LogP contribution in [0.3, 0.4) is 0 Å². The van der Waals surface area contributed by atoms with Crippen molar-refractivity contribution in [2.75, 3.05) is 13.2 Å². The van der Waals surface area contributed by atoms with E-state index < -0.39 is 12.1 Å². The van der Waals surface area contributed by atoms with Gasteiger partial charge in [0.05, 0.1) is 25.4 Å². The van der Waals surface area contributed by atoms with Crippen LogP contribution in [0.5, 0.6) is 0 Å². The van der Waals surface area contributed by atoms with Gasteiger partial charge in [-0.05, 0) is 32.1 Å². The number of hydrogen-bond acceptors (Lipinski definition) is 5. The van der Waals surface area contributed by atoms with Crippen molar-refractivity contribution in [2.45, 2.75) is 418 Å². The molecule has 0 saturated carbocycles. The van der Waals surface area contributed by atoms with Crippen LogP contribution in [-0.2, 0) is 14.3 Å². The number of carbonyl (C=O) groups is 2. The van der Waals surface area contributed by atoms with Gasteiger partial charge in [-0.2, -0.15) is 0 Å². The molecule has 2 atom stereocenters. The summed E-state index contributed by atoms with van der Waals surface area (Å²) < 4.78 is 5.49. The van der Waals surface area contributed by atoms with Crippen LogP contribution in [0.2, 0.25) is 0 Å². The maximum atomic E-state index is 12.5. The van der Waals surface area contributed by atoms with Crippen molar-refractivity contribution in [3.8, 4) is 0 Å². The molecule has 0 heterocycles. The van der Waals surface area contributed by atoms with Gasteiger partial charge >= 0.3 is 5.97 Å². The molecule has 0 spiro atoms. The first-order chi connectivity index (χ1) is 38.0. The number of amides is 1. The Labute approximate surface area is 482 Å². The summed E-state index contributed by atoms with van der Waals surface area (Å²) in [5.41, 5.74) is 0. The first-order valence-corrected chi connectivity index (χ1v) is 35.5. The largest absolute Gasteiger partial charge is 0.466 e. The number of allylic oxidation sites excluding steroid dienone is 1. The molecule has 77 heavy (non-hydrogen) atoms. The molecule has 0 aromatic carbocycles. The maximum absolute atomic E-state index is 12.5. The Hall–Kier alpha value is -1.40. The highest BCUT2D eigenvalue weighted by Gasteiger charge is 2.18. The number of ether oxygens (including phenoxy) is 1. The molecule has 0 saturated heterocycles. The van der Waals surface area contributed by atoms with Gasteiger partial charge < -0.3 is 20.3 Å². The molecule has 458 valence electrons. The second-order valence-corrected chi connectivity index (χ2v) is 24.6. The van der Waals surface area contributed by atoms with Crippen LogP contribution in [0.4, 0.5) is 0 Å². The Balaban J connectivity index is 3.30. The van der Waals surface area contributed by atoms with E-state index in [0.29, 0.717) is 19.4 Å². The number of hydrogen-bond donors (Lipinski definition) is 3. The van der Waals surface area contributed by atoms with E-state index in [9.17, 15) is 19.8 Å². The third-order valence-electron chi connectivity index (χ3n) is 16.8. The van der Waals surface area contributed by atoms with Gasteiger partial charge in [-0.1, -0.05) is 373 Å². The van der Waals surface area contributed by atoms with Crippen molar-refractivity contribution in [3.05, 3.63) is 12.2 Å². The third-order valence-corrected chi connectivity index (χ3v) is 16.8. The van der Waals surface area contributed by atoms with Crippen molar-refractivity contribution in [2.24, 2.45) is 0 Å². The summed E-state index contributed by atoms with van der Waals surface area (Å²) in [6.45, 7) is 4.93. The van der Waals surface area contributed by atoms with Crippen LogP contribution in [0.15, 0.2) is 12.2 Å². The van der Waals surface area contributed by atoms with Crippen LogP contribution in [-0.4, -0.2) is 47.4 Å². The van der Waals surface area contributed by atoms with Gasteiger partial charge in [0.15, 0.2) is 0 Å². The Morgan fingerprint density at radius 1 is 0.351 bits per heavy atom. The molecule has 0 fully saturated rings. The molecule has 0 aromatic rings. The second-order valence-electron chi connectivity index (χ2n) is 24.6. The Morgan fingerprint density at radius 3 is 0.883 bits per heavy atom. The van der Waals surface area contributed by atoms with Gasteiger partial charge in [0.1, 0.15) is 0 Å². The number of aliphatic hydroxyl groups is 2. The van der Waals surface area contributed by atoms with Crippen molar-refractivity contribution >= 4 is 11.9 Å². The van der Waals surface area contributed by atoms with E-state index in [0.717, 1.165) is 38.5 Å². The van der Waals surface area contributed by atoms with E-state index in [1.54, 1.807) is 6.08 Å². The zero-order valence-corrected chi connectivity index (χ0v) is 52.5. The molecule has 0 aromatic heterocycles. The lowest BCUT2D eigenvalue weighted by Gasteiger charge is -2.20. The van der Waals surface area contributed by atoms with Crippen LogP contribution < -0.4 is 5.32 Å². The van der Waals surface area contributed by atoms with Crippen LogP contribution >= 0.6 is 0 Å². The predicted octanol–water partition coefficient (Wildman–Crippen LogP) is 22.8. The first kappa shape index (κ1) is 75.6. The summed E-state index contributed by atoms with van der Waals surface area (Å²) in [6, 6.07) is -0.622. The predicted molar refractivity (Wildman–Crippen MR) is 338 cm³/mol. The molecule has 6 nitrogen and oxygen atoms in total. The third kappa shape index (κ3) is 63.6. The highest BCUT2D eigenvalue weighted by atomic mass is 16.5. The topological polar surface area (TPSA) is 95.9 Å². The monoisotopic (exact) mass is 1090 g/mol. The number of nitrogens with one attached hydrogen (secondary N) is 1. The minimum atomic E-state index is -0.839. The summed E-state index contributed by atoms with van der Waals surface area (Å²) in [5, 5.41) is 23.1. The SMILES string of the molecule is CCCCCCCCCCCCC/C=C/C(O)C(CO)NC(=O)CCCCCCCCCCCCCCCCCCCCCCCCCCCCCCCCCCCCCOC(=O)CCCCCCCCCCCCCC. The summed E-state index contributed by atoms with van der Waals surface area (Å²) in [7, 11) is 0. The van der Waals surface area contributed by atoms with E-state index in [2.05, 4.69) is 19.2 Å². The molecule has 0 aliphatic heterocycles. The smallest absolute Gasteiger partial charge is 0.305 e. The molecule has 0 aliphatic rings. The van der Waals surface area contributed by atoms with Crippen molar-refractivity contribution in [3.63, 3.8) is 0 Å². The molecule has 0 radical (unpaired) electrons. The van der Waals surface area contributed by atoms with E-state index in [-0.39, 0.29) is 18.5 Å². The van der Waals surface area contributed by atoms with Crippen molar-refractivity contribution < 1.29 is 24.5 Å². The summed E-state index contributed by atoms with van der Waals surface area (Å²) >= 11 is 0. The number of rotatable bonds is 67. The van der Waals surface area contributed by atoms with E-state index in [1.165, 1.54) is 340 Å². The molecule has 1 amide bonds. The van der Waals surface area contributed by atoms with Gasteiger partial charge in [0.25, 0.3) is 0 Å². The normalized spacial score (nSPS) is 12.5. The Kier molecular flexibility index (Phi) is 65.9. The molecule has 0 rings (SSSR count). The maximum Gasteiger partial charge on any atom is 0.305 e. The Bertz CT molecular complexity index is 1160. The second kappa shape index (κ2) is 67.1. The zero-order valence-electron chi connectivity index (χ0n) is 52.5. The number of carbonyl (C=O) groups excluding carboxylic acids is 2. The molecule has 3 N–H and O–H groups in total. The van der Waals surface area contributed by atoms with E-state index in [1.807, 2.05) is 6.08 Å². The van der Waals surface area contributed by atoms with E-state index in [4.69, 9.17) is 4.74 Å². The fourth-order valence-corrected chi connectivity index (χ4v) is 11.4. The standard InChI is InChI=1S/C71H139NO5/c1-3-5-7-9-11-13-15-40-43-47-51-55-59-63-69(74)68(67-73)72-70(75)64-60-56-52-48-44-41-38-36-34-32-30-28-26-24-22-20-18-17-19-21-23-25-27-29-31-33-35-37-39-42-46-50-54-58-62-66-77-71(76)65-61-57-53-49-45-16-14-12-10-8-6-4-2/h59,63,68-69,73-74H,3-58,60-62,64-67H2,1-2H3,(H,72,75)/b63-59+. The van der Waals surface area contributed by atoms with Crippen LogP contribution in [0.1, 0.15) is 406 Å². The number of unbranched alkanes of at least 4 members (excludes halogenated alkanes) is 56. The lowest BCUT2D eigenvalue weighted by Crippen LogP contribution is -2.45. The molecular formula is C71H139NO5. The summed E-state index contributed by atoms with van der Waals surface area (Å²) in [6.07, 6.45) is 83.1. The molecule has 0 bridgehead atoms. The van der Waals surface area contributed by atoms with Gasteiger partial charge in [-0.15, -0.1) is 0 Å². The summed E-state index contributed by atoms with van der Waals surface area (Å²) in [4.78, 5) is 24.5. The highest BCUT2D eigenvalue weighted by Crippen LogP contribution is 2.19. The molecule has 6 heteroatoms. The van der Waals surface area contributed by atoms with Crippen LogP contribution in [0, 0.1) is 0 Å². The van der Waals surface area contributed by atoms with Gasteiger partial charge in [-0.25, -0.2) is 0 Å². The average molecular weight is 1090 g/mol. The van der Waals surface area contributed by atoms with Crippen molar-refractivity contribution in [1.82, 2.24) is 5.32 Å². The molecule has 0 aliphatic carbocycles. The molecule has 2 unspecified atom stereocenters. The first-order valence-electron chi connectivity index (χ1n) is 35.5. The average Bonchev–Trinajstić information content (AvgIpc) is 3.43. The minimum absolute atomic E-state index is 0.0238. The fourth-order valence-electron chi connectivity index (χ4n) is 11.4.